The van der Waals surface area contributed by atoms with E-state index >= 15 is 0 Å². The normalized spacial score (nSPS) is 19.2. The standard InChI is InChI=1S/C17H23ClN2O3/c1-5-20(6-2)17(22)12-8-11(12)16(21)19-14-7-10(3)13(18)9-15(14)23-4/h7,9,11-12H,5-6,8H2,1-4H3,(H,19,21). The molecule has 126 valence electrons. The van der Waals surface area contributed by atoms with Gasteiger partial charge >= 0.3 is 0 Å². The highest BCUT2D eigenvalue weighted by Crippen LogP contribution is 2.41. The Morgan fingerprint density at radius 1 is 1.30 bits per heavy atom. The molecule has 2 atom stereocenters. The lowest BCUT2D eigenvalue weighted by Gasteiger charge is -2.18. The van der Waals surface area contributed by atoms with E-state index in [9.17, 15) is 9.59 Å². The van der Waals surface area contributed by atoms with Gasteiger partial charge in [-0.05, 0) is 38.8 Å². The van der Waals surface area contributed by atoms with Crippen molar-refractivity contribution in [2.45, 2.75) is 27.2 Å². The summed E-state index contributed by atoms with van der Waals surface area (Å²) in [5.74, 6) is -0.0239. The summed E-state index contributed by atoms with van der Waals surface area (Å²) in [6.45, 7) is 7.09. The number of methoxy groups -OCH3 is 1. The largest absolute Gasteiger partial charge is 0.495 e. The third-order valence-electron chi connectivity index (χ3n) is 4.26. The highest BCUT2D eigenvalue weighted by molar-refractivity contribution is 6.31. The van der Waals surface area contributed by atoms with Crippen LogP contribution in [0.3, 0.4) is 0 Å². The Balaban J connectivity index is 2.04. The fourth-order valence-electron chi connectivity index (χ4n) is 2.68. The van der Waals surface area contributed by atoms with E-state index in [1.54, 1.807) is 17.0 Å². The average Bonchev–Trinajstić information content (AvgIpc) is 3.32. The number of benzene rings is 1. The number of nitrogens with zero attached hydrogens (tertiary/aromatic N) is 1. The lowest BCUT2D eigenvalue weighted by atomic mass is 10.2. The van der Waals surface area contributed by atoms with Crippen molar-refractivity contribution in [3.63, 3.8) is 0 Å². The first kappa shape index (κ1) is 17.6. The fourth-order valence-corrected chi connectivity index (χ4v) is 2.84. The molecule has 0 radical (unpaired) electrons. The maximum Gasteiger partial charge on any atom is 0.228 e. The molecular formula is C17H23ClN2O3. The summed E-state index contributed by atoms with van der Waals surface area (Å²) < 4.78 is 5.26. The Bertz CT molecular complexity index is 614. The van der Waals surface area contributed by atoms with E-state index < -0.39 is 0 Å². The number of aryl methyl sites for hydroxylation is 1. The minimum absolute atomic E-state index is 0.0643. The molecule has 5 nitrogen and oxygen atoms in total. The number of nitrogens with one attached hydrogen (secondary N) is 1. The first-order chi connectivity index (χ1) is 10.9. The zero-order valence-corrected chi connectivity index (χ0v) is 14.7. The highest BCUT2D eigenvalue weighted by Gasteiger charge is 2.49. The van der Waals surface area contributed by atoms with Crippen LogP contribution < -0.4 is 10.1 Å². The number of ether oxygens (including phenoxy) is 1. The van der Waals surface area contributed by atoms with Crippen molar-refractivity contribution >= 4 is 29.1 Å². The van der Waals surface area contributed by atoms with Crippen LogP contribution in [0.4, 0.5) is 5.69 Å². The molecule has 1 fully saturated rings. The minimum atomic E-state index is -0.260. The van der Waals surface area contributed by atoms with Crippen molar-refractivity contribution in [1.82, 2.24) is 4.90 Å². The quantitative estimate of drug-likeness (QED) is 0.867. The lowest BCUT2D eigenvalue weighted by molar-refractivity contribution is -0.133. The Morgan fingerprint density at radius 2 is 1.96 bits per heavy atom. The number of rotatable bonds is 6. The van der Waals surface area contributed by atoms with Crippen molar-refractivity contribution < 1.29 is 14.3 Å². The summed E-state index contributed by atoms with van der Waals surface area (Å²) in [7, 11) is 1.53. The molecule has 1 aliphatic carbocycles. The van der Waals surface area contributed by atoms with Crippen LogP contribution in [0.15, 0.2) is 12.1 Å². The minimum Gasteiger partial charge on any atom is -0.495 e. The van der Waals surface area contributed by atoms with Gasteiger partial charge < -0.3 is 15.0 Å². The van der Waals surface area contributed by atoms with Crippen molar-refractivity contribution in [3.8, 4) is 5.75 Å². The van der Waals surface area contributed by atoms with Gasteiger partial charge in [-0.3, -0.25) is 9.59 Å². The van der Waals surface area contributed by atoms with Crippen molar-refractivity contribution in [1.29, 1.82) is 0 Å². The smallest absolute Gasteiger partial charge is 0.228 e. The predicted octanol–water partition coefficient (Wildman–Crippen LogP) is 3.10. The number of amides is 2. The third kappa shape index (κ3) is 3.78. The van der Waals surface area contributed by atoms with Crippen LogP contribution in [0.25, 0.3) is 0 Å². The molecule has 1 aliphatic rings. The summed E-state index contributed by atoms with van der Waals surface area (Å²) in [5, 5.41) is 3.44. The second-order valence-corrected chi connectivity index (χ2v) is 6.16. The van der Waals surface area contributed by atoms with E-state index in [0.717, 1.165) is 5.56 Å². The molecule has 2 amide bonds. The van der Waals surface area contributed by atoms with Crippen LogP contribution in [-0.4, -0.2) is 36.9 Å². The molecule has 0 bridgehead atoms. The van der Waals surface area contributed by atoms with Crippen molar-refractivity contribution in [3.05, 3.63) is 22.7 Å². The van der Waals surface area contributed by atoms with Crippen LogP contribution in [0.1, 0.15) is 25.8 Å². The van der Waals surface area contributed by atoms with Gasteiger partial charge in [0.25, 0.3) is 0 Å². The van der Waals surface area contributed by atoms with E-state index in [2.05, 4.69) is 5.32 Å². The molecule has 2 rings (SSSR count). The molecule has 2 unspecified atom stereocenters. The molecule has 0 aliphatic heterocycles. The number of halogens is 1. The van der Waals surface area contributed by atoms with Gasteiger partial charge in [-0.1, -0.05) is 11.6 Å². The van der Waals surface area contributed by atoms with E-state index in [1.807, 2.05) is 20.8 Å². The Morgan fingerprint density at radius 3 is 2.52 bits per heavy atom. The molecule has 23 heavy (non-hydrogen) atoms. The molecule has 1 saturated carbocycles. The van der Waals surface area contributed by atoms with Crippen molar-refractivity contribution in [2.75, 3.05) is 25.5 Å². The van der Waals surface area contributed by atoms with E-state index in [0.29, 0.717) is 36.0 Å². The summed E-state index contributed by atoms with van der Waals surface area (Å²) in [6.07, 6.45) is 0.607. The van der Waals surface area contributed by atoms with Crippen LogP contribution in [-0.2, 0) is 9.59 Å². The average molecular weight is 339 g/mol. The molecule has 6 heteroatoms. The van der Waals surface area contributed by atoms with Gasteiger partial charge in [-0.25, -0.2) is 0 Å². The second kappa shape index (κ2) is 7.21. The summed E-state index contributed by atoms with van der Waals surface area (Å²) >= 11 is 6.06. The summed E-state index contributed by atoms with van der Waals surface area (Å²) in [5.41, 5.74) is 1.44. The second-order valence-electron chi connectivity index (χ2n) is 5.75. The molecule has 1 aromatic rings. The Hall–Kier alpha value is -1.75. The van der Waals surface area contributed by atoms with Crippen LogP contribution in [0.2, 0.25) is 5.02 Å². The first-order valence-corrected chi connectivity index (χ1v) is 8.24. The number of carbonyl (C=O) groups is 2. The molecule has 0 spiro atoms. The summed E-state index contributed by atoms with van der Waals surface area (Å²) in [4.78, 5) is 26.4. The maximum absolute atomic E-state index is 12.4. The fraction of sp³-hybridized carbons (Fsp3) is 0.529. The predicted molar refractivity (Wildman–Crippen MR) is 90.9 cm³/mol. The lowest BCUT2D eigenvalue weighted by Crippen LogP contribution is -2.33. The van der Waals surface area contributed by atoms with Gasteiger partial charge in [0.1, 0.15) is 5.75 Å². The van der Waals surface area contributed by atoms with Crippen LogP contribution in [0, 0.1) is 18.8 Å². The van der Waals surface area contributed by atoms with E-state index in [4.69, 9.17) is 16.3 Å². The van der Waals surface area contributed by atoms with Gasteiger partial charge in [0.2, 0.25) is 11.8 Å². The van der Waals surface area contributed by atoms with Gasteiger partial charge in [0.15, 0.2) is 0 Å². The number of carbonyl (C=O) groups excluding carboxylic acids is 2. The monoisotopic (exact) mass is 338 g/mol. The number of hydrogen-bond acceptors (Lipinski definition) is 3. The number of anilines is 1. The van der Waals surface area contributed by atoms with Crippen molar-refractivity contribution in [2.24, 2.45) is 11.8 Å². The Kier molecular flexibility index (Phi) is 5.52. The molecule has 1 aromatic carbocycles. The zero-order chi connectivity index (χ0) is 17.1. The molecule has 0 heterocycles. The zero-order valence-electron chi connectivity index (χ0n) is 14.0. The third-order valence-corrected chi connectivity index (χ3v) is 4.67. The van der Waals surface area contributed by atoms with Crippen LogP contribution in [0.5, 0.6) is 5.75 Å². The van der Waals surface area contributed by atoms with Crippen LogP contribution >= 0.6 is 11.6 Å². The Labute approximate surface area is 141 Å². The molecule has 0 aromatic heterocycles. The molecule has 1 N–H and O–H groups in total. The molecule has 0 saturated heterocycles. The summed E-state index contributed by atoms with van der Waals surface area (Å²) in [6, 6.07) is 3.46. The SMILES string of the molecule is CCN(CC)C(=O)C1CC1C(=O)Nc1cc(C)c(Cl)cc1OC. The van der Waals surface area contributed by atoms with Gasteiger partial charge in [-0.2, -0.15) is 0 Å². The number of hydrogen-bond donors (Lipinski definition) is 1. The first-order valence-electron chi connectivity index (χ1n) is 7.86. The van der Waals surface area contributed by atoms with Gasteiger partial charge in [-0.15, -0.1) is 0 Å². The maximum atomic E-state index is 12.4. The highest BCUT2D eigenvalue weighted by atomic mass is 35.5. The van der Waals surface area contributed by atoms with E-state index in [1.165, 1.54) is 7.11 Å². The molecular weight excluding hydrogens is 316 g/mol. The van der Waals surface area contributed by atoms with E-state index in [-0.39, 0.29) is 23.7 Å². The van der Waals surface area contributed by atoms with Gasteiger partial charge in [0, 0.05) is 24.2 Å². The van der Waals surface area contributed by atoms with Gasteiger partial charge in [0.05, 0.1) is 24.6 Å². The topological polar surface area (TPSA) is 58.6 Å².